The molecule has 5 nitrogen and oxygen atoms in total. The predicted octanol–water partition coefficient (Wildman–Crippen LogP) is 1.03. The second kappa shape index (κ2) is 5.89. The zero-order valence-electron chi connectivity index (χ0n) is 9.67. The normalized spacial score (nSPS) is 11.6. The van der Waals surface area contributed by atoms with E-state index in [9.17, 15) is 14.4 Å². The first kappa shape index (κ1) is 13.0. The summed E-state index contributed by atoms with van der Waals surface area (Å²) >= 11 is 0. The first-order valence-corrected chi connectivity index (χ1v) is 5.23. The number of aromatic nitrogens is 1. The molecule has 0 aromatic carbocycles. The van der Waals surface area contributed by atoms with Crippen LogP contribution in [0.15, 0.2) is 24.5 Å². The van der Waals surface area contributed by atoms with Crippen molar-refractivity contribution in [3.05, 3.63) is 30.1 Å². The zero-order chi connectivity index (χ0) is 12.8. The molecule has 1 rings (SSSR count). The molecule has 0 fully saturated rings. The number of ether oxygens (including phenoxy) is 1. The number of rotatable bonds is 5. The summed E-state index contributed by atoms with van der Waals surface area (Å²) in [4.78, 5) is 38.3. The molecule has 1 atom stereocenters. The monoisotopic (exact) mass is 235 g/mol. The van der Waals surface area contributed by atoms with Gasteiger partial charge in [-0.1, -0.05) is 0 Å². The summed E-state index contributed by atoms with van der Waals surface area (Å²) in [5, 5.41) is 0. The largest absolute Gasteiger partial charge is 0.460 e. The quantitative estimate of drug-likeness (QED) is 0.330. The number of esters is 1. The van der Waals surface area contributed by atoms with Gasteiger partial charge in [-0.2, -0.15) is 0 Å². The average molecular weight is 235 g/mol. The van der Waals surface area contributed by atoms with E-state index in [1.807, 2.05) is 0 Å². The van der Waals surface area contributed by atoms with Crippen molar-refractivity contribution in [3.63, 3.8) is 0 Å². The first-order chi connectivity index (χ1) is 8.07. The molecule has 0 bridgehead atoms. The molecule has 0 saturated heterocycles. The fourth-order valence-electron chi connectivity index (χ4n) is 1.26. The Morgan fingerprint density at radius 2 is 1.88 bits per heavy atom. The van der Waals surface area contributed by atoms with Crippen LogP contribution in [-0.4, -0.2) is 29.1 Å². The van der Waals surface area contributed by atoms with E-state index in [1.165, 1.54) is 31.5 Å². The van der Waals surface area contributed by atoms with Gasteiger partial charge in [-0.05, 0) is 26.0 Å². The number of nitrogens with zero attached hydrogens (tertiary/aromatic N) is 1. The van der Waals surface area contributed by atoms with E-state index >= 15 is 0 Å². The number of pyridine rings is 1. The summed E-state index contributed by atoms with van der Waals surface area (Å²) in [6.07, 6.45) is 2.91. The van der Waals surface area contributed by atoms with Gasteiger partial charge < -0.3 is 4.74 Å². The third-order valence-corrected chi connectivity index (χ3v) is 2.23. The molecular weight excluding hydrogens is 222 g/mol. The van der Waals surface area contributed by atoms with Gasteiger partial charge in [0.05, 0.1) is 12.5 Å². The Morgan fingerprint density at radius 3 is 2.41 bits per heavy atom. The van der Waals surface area contributed by atoms with E-state index < -0.39 is 23.5 Å². The van der Waals surface area contributed by atoms with Crippen molar-refractivity contribution in [1.29, 1.82) is 0 Å². The molecule has 1 aromatic rings. The van der Waals surface area contributed by atoms with Crippen LogP contribution in [0.3, 0.4) is 0 Å². The molecule has 1 heterocycles. The lowest BCUT2D eigenvalue weighted by molar-refractivity contribution is -0.154. The molecular formula is C12H13NO4. The number of ketones is 2. The lowest BCUT2D eigenvalue weighted by Crippen LogP contribution is -2.29. The zero-order valence-corrected chi connectivity index (χ0v) is 9.67. The first-order valence-electron chi connectivity index (χ1n) is 5.23. The maximum Gasteiger partial charge on any atom is 0.375 e. The molecule has 0 aliphatic rings. The SMILES string of the molecule is CCOC(=O)C(=O)C(C)C(=O)c1ccncc1. The number of hydrogen-bond acceptors (Lipinski definition) is 5. The third-order valence-electron chi connectivity index (χ3n) is 2.23. The second-order valence-electron chi connectivity index (χ2n) is 3.41. The molecule has 0 aliphatic carbocycles. The van der Waals surface area contributed by atoms with Crippen molar-refractivity contribution in [3.8, 4) is 0 Å². The summed E-state index contributed by atoms with van der Waals surface area (Å²) in [7, 11) is 0. The molecule has 0 spiro atoms. The smallest absolute Gasteiger partial charge is 0.375 e. The highest BCUT2D eigenvalue weighted by Gasteiger charge is 2.29. The molecule has 0 N–H and O–H groups in total. The van der Waals surface area contributed by atoms with Crippen molar-refractivity contribution in [2.75, 3.05) is 6.61 Å². The summed E-state index contributed by atoms with van der Waals surface area (Å²) in [6, 6.07) is 2.99. The fourth-order valence-corrected chi connectivity index (χ4v) is 1.26. The summed E-state index contributed by atoms with van der Waals surface area (Å²) in [5.41, 5.74) is 0.352. The molecule has 0 aliphatic heterocycles. The maximum atomic E-state index is 11.8. The minimum Gasteiger partial charge on any atom is -0.460 e. The molecule has 0 saturated carbocycles. The van der Waals surface area contributed by atoms with Crippen molar-refractivity contribution in [2.24, 2.45) is 5.92 Å². The Balaban J connectivity index is 2.77. The maximum absolute atomic E-state index is 11.8. The highest BCUT2D eigenvalue weighted by Crippen LogP contribution is 2.09. The number of hydrogen-bond donors (Lipinski definition) is 0. The van der Waals surface area contributed by atoms with Gasteiger partial charge in [-0.15, -0.1) is 0 Å². The Bertz CT molecular complexity index is 427. The van der Waals surface area contributed by atoms with Crippen LogP contribution < -0.4 is 0 Å². The standard InChI is InChI=1S/C12H13NO4/c1-3-17-12(16)11(15)8(2)10(14)9-4-6-13-7-5-9/h4-8H,3H2,1-2H3. The van der Waals surface area contributed by atoms with Gasteiger partial charge in [-0.25, -0.2) is 4.79 Å². The molecule has 5 heteroatoms. The van der Waals surface area contributed by atoms with Crippen molar-refractivity contribution < 1.29 is 19.1 Å². The Hall–Kier alpha value is -2.04. The van der Waals surface area contributed by atoms with Gasteiger partial charge in [0.2, 0.25) is 0 Å². The van der Waals surface area contributed by atoms with Crippen LogP contribution in [0.2, 0.25) is 0 Å². The molecule has 90 valence electrons. The minimum absolute atomic E-state index is 0.112. The van der Waals surface area contributed by atoms with Gasteiger partial charge >= 0.3 is 5.97 Å². The fraction of sp³-hybridized carbons (Fsp3) is 0.333. The highest BCUT2D eigenvalue weighted by atomic mass is 16.5. The van der Waals surface area contributed by atoms with Crippen LogP contribution in [0.5, 0.6) is 0 Å². The molecule has 0 radical (unpaired) electrons. The van der Waals surface area contributed by atoms with Crippen LogP contribution in [0.4, 0.5) is 0 Å². The van der Waals surface area contributed by atoms with Crippen LogP contribution in [-0.2, 0) is 14.3 Å². The Morgan fingerprint density at radius 1 is 1.29 bits per heavy atom. The molecule has 1 unspecified atom stereocenters. The van der Waals surface area contributed by atoms with Gasteiger partial charge in [0.25, 0.3) is 5.78 Å². The van der Waals surface area contributed by atoms with Crippen LogP contribution in [0.25, 0.3) is 0 Å². The molecule has 17 heavy (non-hydrogen) atoms. The number of carbonyl (C=O) groups excluding carboxylic acids is 3. The Kier molecular flexibility index (Phi) is 4.51. The molecule has 1 aromatic heterocycles. The van der Waals surface area contributed by atoms with Gasteiger partial charge in [0.15, 0.2) is 5.78 Å². The second-order valence-corrected chi connectivity index (χ2v) is 3.41. The predicted molar refractivity (Wildman–Crippen MR) is 59.4 cm³/mol. The highest BCUT2D eigenvalue weighted by molar-refractivity contribution is 6.39. The van der Waals surface area contributed by atoms with Crippen molar-refractivity contribution in [1.82, 2.24) is 4.98 Å². The minimum atomic E-state index is -1.03. The summed E-state index contributed by atoms with van der Waals surface area (Å²) < 4.78 is 4.56. The van der Waals surface area contributed by atoms with E-state index in [0.717, 1.165) is 0 Å². The lowest BCUT2D eigenvalue weighted by atomic mass is 9.96. The van der Waals surface area contributed by atoms with E-state index in [2.05, 4.69) is 9.72 Å². The number of carbonyl (C=O) groups is 3. The van der Waals surface area contributed by atoms with Crippen molar-refractivity contribution in [2.45, 2.75) is 13.8 Å². The van der Waals surface area contributed by atoms with E-state index in [0.29, 0.717) is 5.56 Å². The topological polar surface area (TPSA) is 73.3 Å². The van der Waals surface area contributed by atoms with Crippen LogP contribution in [0, 0.1) is 5.92 Å². The van der Waals surface area contributed by atoms with Gasteiger partial charge in [-0.3, -0.25) is 14.6 Å². The summed E-state index contributed by atoms with van der Waals surface area (Å²) in [6.45, 7) is 3.10. The molecule has 0 amide bonds. The third kappa shape index (κ3) is 3.21. The van der Waals surface area contributed by atoms with Crippen LogP contribution >= 0.6 is 0 Å². The van der Waals surface area contributed by atoms with E-state index in [-0.39, 0.29) is 6.61 Å². The number of Topliss-reactive ketones (excluding diaryl/α,β-unsaturated/α-hetero) is 2. The van der Waals surface area contributed by atoms with E-state index in [1.54, 1.807) is 6.92 Å². The van der Waals surface area contributed by atoms with Crippen LogP contribution in [0.1, 0.15) is 24.2 Å². The van der Waals surface area contributed by atoms with E-state index in [4.69, 9.17) is 0 Å². The van der Waals surface area contributed by atoms with Crippen molar-refractivity contribution >= 4 is 17.5 Å². The van der Waals surface area contributed by atoms with Gasteiger partial charge in [0, 0.05) is 18.0 Å². The average Bonchev–Trinajstić information content (AvgIpc) is 2.37. The summed E-state index contributed by atoms with van der Waals surface area (Å²) in [5.74, 6) is -3.24. The lowest BCUT2D eigenvalue weighted by Gasteiger charge is -2.08. The Labute approximate surface area is 98.8 Å². The van der Waals surface area contributed by atoms with Gasteiger partial charge in [0.1, 0.15) is 0 Å².